The molecule has 0 saturated heterocycles. The molecular weight excluding hydrogens is 216 g/mol. The highest BCUT2D eigenvalue weighted by molar-refractivity contribution is 5.52. The summed E-state index contributed by atoms with van der Waals surface area (Å²) in [7, 11) is 0. The topological polar surface area (TPSA) is 55.2 Å². The Labute approximate surface area is 101 Å². The van der Waals surface area contributed by atoms with Crippen LogP contribution >= 0.6 is 0 Å². The van der Waals surface area contributed by atoms with Crippen molar-refractivity contribution in [1.82, 2.24) is 5.32 Å². The number of nitrogens with one attached hydrogen (secondary N) is 1. The molecule has 0 aromatic heterocycles. The minimum absolute atomic E-state index is 0.124. The first-order chi connectivity index (χ1) is 8.13. The van der Waals surface area contributed by atoms with E-state index in [1.165, 1.54) is 12.1 Å². The minimum atomic E-state index is -0.390. The standard InChI is InChI=1S/C13H18N2O2/c1-3-10-14-11(2)4-5-12-6-8-13(9-7-12)15(16)17/h4-9,11,14H,3,10H2,1-2H3/b5-4+. The fourth-order valence-electron chi connectivity index (χ4n) is 1.40. The largest absolute Gasteiger partial charge is 0.311 e. The molecule has 0 radical (unpaired) electrons. The average molecular weight is 234 g/mol. The lowest BCUT2D eigenvalue weighted by Gasteiger charge is -2.07. The Hall–Kier alpha value is -1.68. The molecule has 1 N–H and O–H groups in total. The van der Waals surface area contributed by atoms with E-state index in [1.54, 1.807) is 12.1 Å². The van der Waals surface area contributed by atoms with E-state index in [0.717, 1.165) is 18.5 Å². The van der Waals surface area contributed by atoms with Gasteiger partial charge in [-0.2, -0.15) is 0 Å². The summed E-state index contributed by atoms with van der Waals surface area (Å²) in [5, 5.41) is 13.8. The molecule has 0 fully saturated rings. The number of hydrogen-bond acceptors (Lipinski definition) is 3. The van der Waals surface area contributed by atoms with Crippen molar-refractivity contribution in [3.63, 3.8) is 0 Å². The summed E-state index contributed by atoms with van der Waals surface area (Å²) in [5.41, 5.74) is 1.10. The third-order valence-electron chi connectivity index (χ3n) is 2.40. The number of benzene rings is 1. The Balaban J connectivity index is 2.56. The Kier molecular flexibility index (Phi) is 5.36. The van der Waals surface area contributed by atoms with Gasteiger partial charge in [-0.1, -0.05) is 19.1 Å². The van der Waals surface area contributed by atoms with Gasteiger partial charge in [-0.25, -0.2) is 0 Å². The van der Waals surface area contributed by atoms with Crippen molar-refractivity contribution in [1.29, 1.82) is 0 Å². The quantitative estimate of drug-likeness (QED) is 0.608. The van der Waals surface area contributed by atoms with Crippen LogP contribution in [0.5, 0.6) is 0 Å². The number of nitrogens with zero attached hydrogens (tertiary/aromatic N) is 1. The molecule has 0 aliphatic rings. The SMILES string of the molecule is CCCNC(C)/C=C/c1ccc([N+](=O)[O-])cc1. The average Bonchev–Trinajstić information content (AvgIpc) is 2.34. The van der Waals surface area contributed by atoms with E-state index >= 15 is 0 Å². The van der Waals surface area contributed by atoms with E-state index in [4.69, 9.17) is 0 Å². The van der Waals surface area contributed by atoms with Crippen LogP contribution in [0.15, 0.2) is 30.3 Å². The number of nitro benzene ring substituents is 1. The van der Waals surface area contributed by atoms with Gasteiger partial charge in [0.1, 0.15) is 0 Å². The number of rotatable bonds is 6. The molecule has 0 saturated carbocycles. The lowest BCUT2D eigenvalue weighted by molar-refractivity contribution is -0.384. The van der Waals surface area contributed by atoms with E-state index < -0.39 is 0 Å². The number of non-ortho nitro benzene ring substituents is 1. The van der Waals surface area contributed by atoms with Crippen molar-refractivity contribution in [2.45, 2.75) is 26.3 Å². The fraction of sp³-hybridized carbons (Fsp3) is 0.385. The third kappa shape index (κ3) is 4.78. The van der Waals surface area contributed by atoms with Gasteiger partial charge in [-0.05, 0) is 37.6 Å². The van der Waals surface area contributed by atoms with Crippen molar-refractivity contribution >= 4 is 11.8 Å². The highest BCUT2D eigenvalue weighted by Crippen LogP contribution is 2.12. The maximum Gasteiger partial charge on any atom is 0.269 e. The molecular formula is C13H18N2O2. The predicted molar refractivity (Wildman–Crippen MR) is 69.9 cm³/mol. The molecule has 1 rings (SSSR count). The fourth-order valence-corrected chi connectivity index (χ4v) is 1.40. The van der Waals surface area contributed by atoms with E-state index in [-0.39, 0.29) is 10.6 Å². The number of hydrogen-bond donors (Lipinski definition) is 1. The number of nitro groups is 1. The lowest BCUT2D eigenvalue weighted by atomic mass is 10.1. The minimum Gasteiger partial charge on any atom is -0.311 e. The maximum atomic E-state index is 10.5. The van der Waals surface area contributed by atoms with Gasteiger partial charge >= 0.3 is 0 Å². The van der Waals surface area contributed by atoms with Crippen LogP contribution in [-0.2, 0) is 0 Å². The monoisotopic (exact) mass is 234 g/mol. The van der Waals surface area contributed by atoms with Crippen molar-refractivity contribution in [3.05, 3.63) is 46.0 Å². The van der Waals surface area contributed by atoms with Gasteiger partial charge in [0.15, 0.2) is 0 Å². The van der Waals surface area contributed by atoms with Crippen molar-refractivity contribution in [2.75, 3.05) is 6.54 Å². The normalized spacial score (nSPS) is 12.8. The second kappa shape index (κ2) is 6.81. The summed E-state index contributed by atoms with van der Waals surface area (Å²) in [5.74, 6) is 0. The first-order valence-electron chi connectivity index (χ1n) is 5.79. The van der Waals surface area contributed by atoms with Crippen LogP contribution in [0.2, 0.25) is 0 Å². The molecule has 0 bridgehead atoms. The van der Waals surface area contributed by atoms with Gasteiger partial charge in [0.25, 0.3) is 5.69 Å². The summed E-state index contributed by atoms with van der Waals surface area (Å²) in [6.07, 6.45) is 5.13. The molecule has 0 amide bonds. The molecule has 1 unspecified atom stereocenters. The zero-order valence-corrected chi connectivity index (χ0v) is 10.2. The van der Waals surface area contributed by atoms with Crippen LogP contribution in [0.4, 0.5) is 5.69 Å². The zero-order valence-electron chi connectivity index (χ0n) is 10.2. The Bertz CT molecular complexity index is 385. The first kappa shape index (κ1) is 13.4. The zero-order chi connectivity index (χ0) is 12.7. The molecule has 0 aliphatic heterocycles. The van der Waals surface area contributed by atoms with Crippen LogP contribution in [0.25, 0.3) is 6.08 Å². The summed E-state index contributed by atoms with van der Waals surface area (Å²) in [4.78, 5) is 10.1. The molecule has 17 heavy (non-hydrogen) atoms. The van der Waals surface area contributed by atoms with Crippen molar-refractivity contribution in [3.8, 4) is 0 Å². The van der Waals surface area contributed by atoms with Gasteiger partial charge in [0.05, 0.1) is 4.92 Å². The van der Waals surface area contributed by atoms with Gasteiger partial charge in [0.2, 0.25) is 0 Å². The highest BCUT2D eigenvalue weighted by Gasteiger charge is 2.02. The highest BCUT2D eigenvalue weighted by atomic mass is 16.6. The summed E-state index contributed by atoms with van der Waals surface area (Å²) in [6, 6.07) is 6.85. The Morgan fingerprint density at radius 3 is 2.59 bits per heavy atom. The van der Waals surface area contributed by atoms with E-state index in [1.807, 2.05) is 6.08 Å². The third-order valence-corrected chi connectivity index (χ3v) is 2.40. The lowest BCUT2D eigenvalue weighted by Crippen LogP contribution is -2.24. The Morgan fingerprint density at radius 1 is 1.41 bits per heavy atom. The summed E-state index contributed by atoms with van der Waals surface area (Å²) >= 11 is 0. The van der Waals surface area contributed by atoms with E-state index in [9.17, 15) is 10.1 Å². The molecule has 1 aromatic carbocycles. The van der Waals surface area contributed by atoms with Gasteiger partial charge < -0.3 is 5.32 Å². The van der Waals surface area contributed by atoms with Crippen LogP contribution in [-0.4, -0.2) is 17.5 Å². The van der Waals surface area contributed by atoms with Crippen LogP contribution in [0, 0.1) is 10.1 Å². The molecule has 0 aliphatic carbocycles. The first-order valence-corrected chi connectivity index (χ1v) is 5.79. The van der Waals surface area contributed by atoms with Gasteiger partial charge in [-0.15, -0.1) is 0 Å². The molecule has 4 nitrogen and oxygen atoms in total. The molecule has 1 atom stereocenters. The molecule has 1 aromatic rings. The van der Waals surface area contributed by atoms with Gasteiger partial charge in [-0.3, -0.25) is 10.1 Å². The van der Waals surface area contributed by atoms with E-state index in [0.29, 0.717) is 6.04 Å². The van der Waals surface area contributed by atoms with E-state index in [2.05, 4.69) is 25.2 Å². The van der Waals surface area contributed by atoms with Crippen LogP contribution in [0.1, 0.15) is 25.8 Å². The van der Waals surface area contributed by atoms with Gasteiger partial charge in [0, 0.05) is 18.2 Å². The summed E-state index contributed by atoms with van der Waals surface area (Å²) in [6.45, 7) is 5.20. The Morgan fingerprint density at radius 2 is 2.06 bits per heavy atom. The second-order valence-corrected chi connectivity index (χ2v) is 3.95. The molecule has 0 spiro atoms. The molecule has 0 heterocycles. The van der Waals surface area contributed by atoms with Crippen LogP contribution in [0.3, 0.4) is 0 Å². The second-order valence-electron chi connectivity index (χ2n) is 3.95. The van der Waals surface area contributed by atoms with Crippen molar-refractivity contribution in [2.24, 2.45) is 0 Å². The predicted octanol–water partition coefficient (Wildman–Crippen LogP) is 3.00. The van der Waals surface area contributed by atoms with Crippen LogP contribution < -0.4 is 5.32 Å². The van der Waals surface area contributed by atoms with Crippen molar-refractivity contribution < 1.29 is 4.92 Å². The maximum absolute atomic E-state index is 10.5. The molecule has 92 valence electrons. The summed E-state index contributed by atoms with van der Waals surface area (Å²) < 4.78 is 0. The smallest absolute Gasteiger partial charge is 0.269 e. The molecule has 4 heteroatoms.